The number of hydrogen-bond donors (Lipinski definition) is 1. The van der Waals surface area contributed by atoms with Gasteiger partial charge in [0.05, 0.1) is 7.11 Å². The Morgan fingerprint density at radius 2 is 1.57 bits per heavy atom. The third kappa shape index (κ3) is 2.48. The van der Waals surface area contributed by atoms with E-state index in [0.29, 0.717) is 6.42 Å². The summed E-state index contributed by atoms with van der Waals surface area (Å²) in [4.78, 5) is 11.6. The molecule has 0 aliphatic rings. The summed E-state index contributed by atoms with van der Waals surface area (Å²) in [6.45, 7) is 0. The Balaban J connectivity index is 2.22. The molecule has 0 heterocycles. The molecule has 3 rings (SSSR count). The average molecular weight is 279 g/mol. The molecule has 2 N–H and O–H groups in total. The summed E-state index contributed by atoms with van der Waals surface area (Å²) in [7, 11) is 1.36. The number of benzene rings is 3. The topological polar surface area (TPSA) is 52.3 Å². The van der Waals surface area contributed by atoms with E-state index in [4.69, 9.17) is 10.5 Å². The number of rotatable bonds is 3. The molecule has 3 heteroatoms. The highest BCUT2D eigenvalue weighted by Gasteiger charge is 2.17. The molecule has 3 aromatic rings. The molecule has 0 fully saturated rings. The second-order valence-electron chi connectivity index (χ2n) is 5.13. The van der Waals surface area contributed by atoms with Crippen LogP contribution in [0.15, 0.2) is 54.6 Å². The maximum absolute atomic E-state index is 11.6. The fourth-order valence-electron chi connectivity index (χ4n) is 2.78. The lowest BCUT2D eigenvalue weighted by Crippen LogP contribution is -2.33. The maximum Gasteiger partial charge on any atom is 0.322 e. The van der Waals surface area contributed by atoms with E-state index < -0.39 is 6.04 Å². The Hall–Kier alpha value is -2.39. The molecule has 0 amide bonds. The first kappa shape index (κ1) is 13.6. The summed E-state index contributed by atoms with van der Waals surface area (Å²) in [6.07, 6.45) is 0.467. The highest BCUT2D eigenvalue weighted by molar-refractivity contribution is 6.02. The van der Waals surface area contributed by atoms with Gasteiger partial charge in [-0.25, -0.2) is 0 Å². The fourth-order valence-corrected chi connectivity index (χ4v) is 2.78. The lowest BCUT2D eigenvalue weighted by atomic mass is 9.93. The summed E-state index contributed by atoms with van der Waals surface area (Å²) < 4.78 is 4.74. The molecule has 1 atom stereocenters. The summed E-state index contributed by atoms with van der Waals surface area (Å²) in [5.41, 5.74) is 7.07. The number of hydrogen-bond acceptors (Lipinski definition) is 3. The van der Waals surface area contributed by atoms with Crippen molar-refractivity contribution in [2.75, 3.05) is 7.11 Å². The van der Waals surface area contributed by atoms with Crippen molar-refractivity contribution in [3.05, 3.63) is 60.2 Å². The first-order chi connectivity index (χ1) is 10.2. The van der Waals surface area contributed by atoms with Crippen LogP contribution in [0.2, 0.25) is 0 Å². The summed E-state index contributed by atoms with van der Waals surface area (Å²) in [5.74, 6) is -0.382. The van der Waals surface area contributed by atoms with E-state index in [9.17, 15) is 4.79 Å². The molecule has 0 spiro atoms. The smallest absolute Gasteiger partial charge is 0.322 e. The number of carbonyl (C=O) groups excluding carboxylic acids is 1. The largest absolute Gasteiger partial charge is 0.468 e. The van der Waals surface area contributed by atoms with E-state index in [1.807, 2.05) is 24.3 Å². The van der Waals surface area contributed by atoms with E-state index in [-0.39, 0.29) is 5.97 Å². The Morgan fingerprint density at radius 3 is 2.10 bits per heavy atom. The molecule has 0 aliphatic heterocycles. The Labute approximate surface area is 123 Å². The van der Waals surface area contributed by atoms with Crippen LogP contribution in [0.4, 0.5) is 0 Å². The van der Waals surface area contributed by atoms with Gasteiger partial charge in [0.15, 0.2) is 0 Å². The maximum atomic E-state index is 11.6. The molecule has 0 saturated heterocycles. The number of carbonyl (C=O) groups is 1. The van der Waals surface area contributed by atoms with Crippen molar-refractivity contribution in [2.24, 2.45) is 5.73 Å². The molecular formula is C18H17NO2. The van der Waals surface area contributed by atoms with Crippen molar-refractivity contribution in [3.63, 3.8) is 0 Å². The van der Waals surface area contributed by atoms with Crippen molar-refractivity contribution in [1.29, 1.82) is 0 Å². The van der Waals surface area contributed by atoms with E-state index >= 15 is 0 Å². The highest BCUT2D eigenvalue weighted by atomic mass is 16.5. The zero-order chi connectivity index (χ0) is 14.8. The molecule has 0 aliphatic carbocycles. The van der Waals surface area contributed by atoms with Gasteiger partial charge in [0.2, 0.25) is 0 Å². The number of nitrogens with two attached hydrogens (primary N) is 1. The van der Waals surface area contributed by atoms with Crippen LogP contribution in [0.5, 0.6) is 0 Å². The second-order valence-corrected chi connectivity index (χ2v) is 5.13. The first-order valence-electron chi connectivity index (χ1n) is 6.93. The molecule has 0 saturated carbocycles. The van der Waals surface area contributed by atoms with Gasteiger partial charge < -0.3 is 10.5 Å². The highest BCUT2D eigenvalue weighted by Crippen LogP contribution is 2.29. The molecule has 106 valence electrons. The van der Waals surface area contributed by atoms with Crippen LogP contribution in [0, 0.1) is 0 Å². The zero-order valence-corrected chi connectivity index (χ0v) is 11.9. The molecule has 3 nitrogen and oxygen atoms in total. The predicted molar refractivity (Wildman–Crippen MR) is 85.1 cm³/mol. The van der Waals surface area contributed by atoms with Gasteiger partial charge in [0.25, 0.3) is 0 Å². The summed E-state index contributed by atoms with van der Waals surface area (Å²) in [6, 6.07) is 17.9. The van der Waals surface area contributed by atoms with Crippen molar-refractivity contribution in [1.82, 2.24) is 0 Å². The monoisotopic (exact) mass is 279 g/mol. The number of ether oxygens (including phenoxy) is 1. The van der Waals surface area contributed by atoms with Gasteiger partial charge in [-0.2, -0.15) is 0 Å². The predicted octanol–water partition coefficient (Wildman–Crippen LogP) is 3.04. The van der Waals surface area contributed by atoms with Gasteiger partial charge in [-0.15, -0.1) is 0 Å². The fraction of sp³-hybridized carbons (Fsp3) is 0.167. The van der Waals surface area contributed by atoms with Gasteiger partial charge in [0, 0.05) is 0 Å². The lowest BCUT2D eigenvalue weighted by Gasteiger charge is -2.14. The molecule has 1 unspecified atom stereocenters. The number of esters is 1. The molecule has 3 aromatic carbocycles. The van der Waals surface area contributed by atoms with Gasteiger partial charge in [-0.3, -0.25) is 4.79 Å². The van der Waals surface area contributed by atoms with E-state index in [1.54, 1.807) is 0 Å². The van der Waals surface area contributed by atoms with Gasteiger partial charge >= 0.3 is 5.97 Å². The lowest BCUT2D eigenvalue weighted by molar-refractivity contribution is -0.142. The van der Waals surface area contributed by atoms with Crippen molar-refractivity contribution in [2.45, 2.75) is 12.5 Å². The standard InChI is InChI=1S/C18H17NO2/c1-21-18(20)17(19)11-16-14-8-4-2-6-12(14)10-13-7-3-5-9-15(13)16/h2-10,17H,11,19H2,1H3. The third-order valence-corrected chi connectivity index (χ3v) is 3.81. The number of fused-ring (bicyclic) bond motifs is 2. The minimum atomic E-state index is -0.649. The van der Waals surface area contributed by atoms with Crippen LogP contribution >= 0.6 is 0 Å². The normalized spacial score (nSPS) is 12.5. The minimum absolute atomic E-state index is 0.382. The third-order valence-electron chi connectivity index (χ3n) is 3.81. The quantitative estimate of drug-likeness (QED) is 0.592. The summed E-state index contributed by atoms with van der Waals surface area (Å²) >= 11 is 0. The van der Waals surface area contributed by atoms with Crippen LogP contribution < -0.4 is 5.73 Å². The molecule has 0 aromatic heterocycles. The van der Waals surface area contributed by atoms with Crippen molar-refractivity contribution < 1.29 is 9.53 Å². The minimum Gasteiger partial charge on any atom is -0.468 e. The second kappa shape index (κ2) is 5.54. The van der Waals surface area contributed by atoms with Crippen LogP contribution in [-0.2, 0) is 16.0 Å². The molecule has 21 heavy (non-hydrogen) atoms. The Morgan fingerprint density at radius 1 is 1.05 bits per heavy atom. The number of methoxy groups -OCH3 is 1. The van der Waals surface area contributed by atoms with Crippen molar-refractivity contribution >= 4 is 27.5 Å². The van der Waals surface area contributed by atoms with Gasteiger partial charge in [-0.1, -0.05) is 48.5 Å². The average Bonchev–Trinajstić information content (AvgIpc) is 2.53. The van der Waals surface area contributed by atoms with Gasteiger partial charge in [0.1, 0.15) is 6.04 Å². The van der Waals surface area contributed by atoms with Crippen LogP contribution in [-0.4, -0.2) is 19.1 Å². The van der Waals surface area contributed by atoms with Crippen molar-refractivity contribution in [3.8, 4) is 0 Å². The zero-order valence-electron chi connectivity index (χ0n) is 11.9. The van der Waals surface area contributed by atoms with E-state index in [0.717, 1.165) is 27.1 Å². The molecule has 0 radical (unpaired) electrons. The SMILES string of the molecule is COC(=O)C(N)Cc1c2ccccc2cc2ccccc12. The summed E-state index contributed by atoms with van der Waals surface area (Å²) in [5, 5.41) is 4.58. The van der Waals surface area contributed by atoms with Crippen LogP contribution in [0.25, 0.3) is 21.5 Å². The Kier molecular flexibility index (Phi) is 3.59. The van der Waals surface area contributed by atoms with Crippen LogP contribution in [0.1, 0.15) is 5.56 Å². The molecular weight excluding hydrogens is 262 g/mol. The van der Waals surface area contributed by atoms with E-state index in [1.165, 1.54) is 7.11 Å². The van der Waals surface area contributed by atoms with E-state index in [2.05, 4.69) is 30.3 Å². The molecule has 0 bridgehead atoms. The first-order valence-corrected chi connectivity index (χ1v) is 6.93. The Bertz CT molecular complexity index is 757. The van der Waals surface area contributed by atoms with Crippen LogP contribution in [0.3, 0.4) is 0 Å². The van der Waals surface area contributed by atoms with Gasteiger partial charge in [-0.05, 0) is 39.6 Å².